The molecule has 0 saturated carbocycles. The highest BCUT2D eigenvalue weighted by Gasteiger charge is 2.28. The molecule has 0 aliphatic carbocycles. The van der Waals surface area contributed by atoms with Gasteiger partial charge in [0.15, 0.2) is 14.4 Å². The summed E-state index contributed by atoms with van der Waals surface area (Å²) in [6, 6.07) is 9.98. The van der Waals surface area contributed by atoms with E-state index in [0.29, 0.717) is 11.7 Å². The van der Waals surface area contributed by atoms with Gasteiger partial charge in [-0.3, -0.25) is 0 Å². The van der Waals surface area contributed by atoms with Gasteiger partial charge in [-0.05, 0) is 12.5 Å². The molecule has 1 N–H and O–H groups in total. The summed E-state index contributed by atoms with van der Waals surface area (Å²) in [7, 11) is -3.59. The Morgan fingerprint density at radius 3 is 2.80 bits per heavy atom. The monoisotopic (exact) mass is 325 g/mol. The summed E-state index contributed by atoms with van der Waals surface area (Å²) in [5.41, 5.74) is 1.17. The normalized spacial score (nSPS) is 16.1. The molecule has 104 valence electrons. The number of amidine groups is 1. The fraction of sp³-hybridized carbons (Fsp3) is 0.167. The van der Waals surface area contributed by atoms with Gasteiger partial charge >= 0.3 is 0 Å². The molecule has 2 heterocycles. The lowest BCUT2D eigenvalue weighted by Crippen LogP contribution is -2.17. The van der Waals surface area contributed by atoms with Crippen molar-refractivity contribution in [1.82, 2.24) is 4.98 Å². The number of nitrogens with one attached hydrogen (secondary N) is 1. The molecule has 1 aliphatic heterocycles. The van der Waals surface area contributed by atoms with Gasteiger partial charge in [-0.15, -0.1) is 4.40 Å². The van der Waals surface area contributed by atoms with Crippen LogP contribution in [0.25, 0.3) is 0 Å². The molecule has 0 bridgehead atoms. The molecule has 0 spiro atoms. The van der Waals surface area contributed by atoms with E-state index >= 15 is 0 Å². The topological polar surface area (TPSA) is 71.4 Å². The molecule has 1 aromatic heterocycles. The molecule has 0 unspecified atom stereocenters. The minimum atomic E-state index is -3.59. The lowest BCUT2D eigenvalue weighted by Gasteiger charge is -2.09. The number of sulfonamides is 1. The average Bonchev–Trinajstić information content (AvgIpc) is 2.80. The zero-order valence-electron chi connectivity index (χ0n) is 10.5. The molecule has 0 saturated heterocycles. The van der Waals surface area contributed by atoms with E-state index < -0.39 is 10.0 Å². The molecule has 0 fully saturated rings. The highest BCUT2D eigenvalue weighted by Crippen LogP contribution is 2.37. The fourth-order valence-corrected chi connectivity index (χ4v) is 5.29. The van der Waals surface area contributed by atoms with Crippen molar-refractivity contribution in [2.75, 3.05) is 5.32 Å². The summed E-state index contributed by atoms with van der Waals surface area (Å²) in [6.45, 7) is 1.61. The Kier molecular flexibility index (Phi) is 3.53. The number of rotatable bonds is 3. The molecule has 1 aliphatic rings. The standard InChI is InChI=1S/C12H11N3O2S3/c1-8-13-10-11(20(16,17)15-8)19-12(14-10)18-7-9-5-3-2-4-6-9/h2-6H,7H2,1H3,(H,13,15). The van der Waals surface area contributed by atoms with Crippen molar-refractivity contribution in [3.63, 3.8) is 0 Å². The van der Waals surface area contributed by atoms with Crippen LogP contribution in [0.3, 0.4) is 0 Å². The maximum Gasteiger partial charge on any atom is 0.297 e. The second-order valence-corrected chi connectivity index (χ2v) is 8.19. The number of fused-ring (bicyclic) bond motifs is 1. The molecule has 20 heavy (non-hydrogen) atoms. The first-order valence-electron chi connectivity index (χ1n) is 5.81. The second-order valence-electron chi connectivity index (χ2n) is 4.17. The Labute approximate surface area is 125 Å². The van der Waals surface area contributed by atoms with Gasteiger partial charge in [0.2, 0.25) is 0 Å². The van der Waals surface area contributed by atoms with Crippen LogP contribution in [-0.4, -0.2) is 19.2 Å². The Morgan fingerprint density at radius 1 is 1.30 bits per heavy atom. The van der Waals surface area contributed by atoms with Crippen molar-refractivity contribution < 1.29 is 8.42 Å². The van der Waals surface area contributed by atoms with E-state index in [2.05, 4.69) is 14.7 Å². The first-order valence-corrected chi connectivity index (χ1v) is 9.05. The summed E-state index contributed by atoms with van der Waals surface area (Å²) in [5.74, 6) is 1.49. The van der Waals surface area contributed by atoms with E-state index in [1.54, 1.807) is 6.92 Å². The van der Waals surface area contributed by atoms with E-state index in [1.165, 1.54) is 17.3 Å². The molecular weight excluding hydrogens is 314 g/mol. The lowest BCUT2D eigenvalue weighted by atomic mass is 10.2. The maximum atomic E-state index is 11.9. The van der Waals surface area contributed by atoms with Crippen LogP contribution in [0.2, 0.25) is 0 Å². The Morgan fingerprint density at radius 2 is 2.05 bits per heavy atom. The predicted molar refractivity (Wildman–Crippen MR) is 82.0 cm³/mol. The van der Waals surface area contributed by atoms with E-state index in [4.69, 9.17) is 0 Å². The number of nitrogens with zero attached hydrogens (tertiary/aromatic N) is 2. The smallest absolute Gasteiger partial charge is 0.297 e. The minimum absolute atomic E-state index is 0.193. The zero-order valence-corrected chi connectivity index (χ0v) is 13.0. The van der Waals surface area contributed by atoms with Crippen molar-refractivity contribution in [2.45, 2.75) is 21.2 Å². The van der Waals surface area contributed by atoms with Crippen LogP contribution < -0.4 is 5.32 Å². The number of hydrogen-bond donors (Lipinski definition) is 1. The first-order chi connectivity index (χ1) is 9.54. The number of benzene rings is 1. The van der Waals surface area contributed by atoms with Gasteiger partial charge in [0.1, 0.15) is 5.84 Å². The van der Waals surface area contributed by atoms with Crippen molar-refractivity contribution in [2.24, 2.45) is 4.40 Å². The van der Waals surface area contributed by atoms with E-state index in [0.717, 1.165) is 21.4 Å². The summed E-state index contributed by atoms with van der Waals surface area (Å²) in [5, 5.41) is 2.89. The number of anilines is 1. The third kappa shape index (κ3) is 2.72. The van der Waals surface area contributed by atoms with E-state index in [-0.39, 0.29) is 4.21 Å². The number of thiazole rings is 1. The summed E-state index contributed by atoms with van der Waals surface area (Å²) in [6.07, 6.45) is 0. The molecule has 0 radical (unpaired) electrons. The number of hydrogen-bond acceptors (Lipinski definition) is 6. The third-order valence-electron chi connectivity index (χ3n) is 2.57. The molecule has 2 aromatic rings. The molecule has 1 aromatic carbocycles. The van der Waals surface area contributed by atoms with Gasteiger partial charge in [0.25, 0.3) is 10.0 Å². The minimum Gasteiger partial charge on any atom is -0.326 e. The van der Waals surface area contributed by atoms with Gasteiger partial charge in [0.05, 0.1) is 0 Å². The average molecular weight is 325 g/mol. The van der Waals surface area contributed by atoms with Crippen LogP contribution in [0.4, 0.5) is 5.82 Å². The van der Waals surface area contributed by atoms with Gasteiger partial charge in [0, 0.05) is 5.75 Å². The van der Waals surface area contributed by atoms with Crippen molar-refractivity contribution in [1.29, 1.82) is 0 Å². The van der Waals surface area contributed by atoms with Crippen LogP contribution in [0.5, 0.6) is 0 Å². The van der Waals surface area contributed by atoms with Crippen molar-refractivity contribution in [3.05, 3.63) is 35.9 Å². The zero-order chi connectivity index (χ0) is 14.2. The van der Waals surface area contributed by atoms with E-state index in [9.17, 15) is 8.42 Å². The van der Waals surface area contributed by atoms with Crippen molar-refractivity contribution >= 4 is 44.8 Å². The van der Waals surface area contributed by atoms with E-state index in [1.807, 2.05) is 30.3 Å². The largest absolute Gasteiger partial charge is 0.326 e. The molecule has 0 amide bonds. The molecule has 8 heteroatoms. The highest BCUT2D eigenvalue weighted by molar-refractivity contribution is 8.00. The van der Waals surface area contributed by atoms with Crippen LogP contribution in [0.1, 0.15) is 12.5 Å². The molecule has 3 rings (SSSR count). The Bertz CT molecular complexity index is 767. The number of aromatic nitrogens is 1. The predicted octanol–water partition coefficient (Wildman–Crippen LogP) is 2.97. The highest BCUT2D eigenvalue weighted by atomic mass is 32.3. The SMILES string of the molecule is CC1=NS(=O)(=O)c2sc(SCc3ccccc3)nc2N1. The lowest BCUT2D eigenvalue weighted by molar-refractivity contribution is 0.599. The van der Waals surface area contributed by atoms with Gasteiger partial charge < -0.3 is 5.32 Å². The first kappa shape index (κ1) is 13.6. The fourth-order valence-electron chi connectivity index (χ4n) is 1.74. The van der Waals surface area contributed by atoms with Crippen molar-refractivity contribution in [3.8, 4) is 0 Å². The maximum absolute atomic E-state index is 11.9. The Hall–Kier alpha value is -1.38. The molecule has 5 nitrogen and oxygen atoms in total. The molecule has 0 atom stereocenters. The van der Waals surface area contributed by atoms with Crippen LogP contribution in [0, 0.1) is 0 Å². The number of thioether (sulfide) groups is 1. The quantitative estimate of drug-likeness (QED) is 0.879. The van der Waals surface area contributed by atoms with Crippen LogP contribution in [0.15, 0.2) is 43.3 Å². The van der Waals surface area contributed by atoms with Gasteiger partial charge in [-0.1, -0.05) is 53.4 Å². The third-order valence-corrected chi connectivity index (χ3v) is 6.69. The second kappa shape index (κ2) is 5.19. The van der Waals surface area contributed by atoms with Crippen LogP contribution in [-0.2, 0) is 15.8 Å². The molecular formula is C12H11N3O2S3. The Balaban J connectivity index is 1.82. The van der Waals surface area contributed by atoms with Gasteiger partial charge in [-0.25, -0.2) is 4.98 Å². The summed E-state index contributed by atoms with van der Waals surface area (Å²) < 4.78 is 28.4. The summed E-state index contributed by atoms with van der Waals surface area (Å²) in [4.78, 5) is 4.32. The summed E-state index contributed by atoms with van der Waals surface area (Å²) >= 11 is 2.68. The van der Waals surface area contributed by atoms with Gasteiger partial charge in [-0.2, -0.15) is 8.42 Å². The van der Waals surface area contributed by atoms with Crippen LogP contribution >= 0.6 is 23.1 Å².